The maximum Gasteiger partial charge on any atom is 0.267 e. The zero-order chi connectivity index (χ0) is 22.3. The van der Waals surface area contributed by atoms with Crippen LogP contribution in [0.25, 0.3) is 0 Å². The van der Waals surface area contributed by atoms with Gasteiger partial charge in [0.05, 0.1) is 19.8 Å². The molecule has 0 bridgehead atoms. The third-order valence-electron chi connectivity index (χ3n) is 5.60. The smallest absolute Gasteiger partial charge is 0.267 e. The summed E-state index contributed by atoms with van der Waals surface area (Å²) in [5.74, 6) is -0.767. The number of hydrogen-bond donors (Lipinski definition) is 1. The summed E-state index contributed by atoms with van der Waals surface area (Å²) in [4.78, 5) is 27.2. The first-order valence-corrected chi connectivity index (χ1v) is 10.9. The van der Waals surface area contributed by atoms with Crippen LogP contribution >= 0.6 is 0 Å². The normalized spacial score (nSPS) is 17.2. The Hall–Kier alpha value is -3.10. The number of morpholine rings is 1. The standard InChI is InChI=1S/C24H27FN4O3/c25-21-7-5-20(6-8-21)17-29-23(30)10-9-22(27-29)24(31)26-15-18-1-3-19(4-2-18)16-28-11-13-32-14-12-28/h1-8H,9-17H2,(H,26,31). The molecule has 168 valence electrons. The number of amides is 2. The summed E-state index contributed by atoms with van der Waals surface area (Å²) in [5, 5.41) is 8.43. The topological polar surface area (TPSA) is 74.2 Å². The second-order valence-electron chi connectivity index (χ2n) is 8.01. The Morgan fingerprint density at radius 1 is 0.938 bits per heavy atom. The zero-order valence-corrected chi connectivity index (χ0v) is 17.9. The van der Waals surface area contributed by atoms with Gasteiger partial charge in [0.1, 0.15) is 11.5 Å². The van der Waals surface area contributed by atoms with Gasteiger partial charge >= 0.3 is 0 Å². The summed E-state index contributed by atoms with van der Waals surface area (Å²) >= 11 is 0. The predicted molar refractivity (Wildman–Crippen MR) is 118 cm³/mol. The summed E-state index contributed by atoms with van der Waals surface area (Å²) in [6.07, 6.45) is 0.534. The molecule has 0 aromatic heterocycles. The van der Waals surface area contributed by atoms with Gasteiger partial charge in [0.2, 0.25) is 5.91 Å². The highest BCUT2D eigenvalue weighted by Gasteiger charge is 2.24. The molecule has 2 aromatic carbocycles. The maximum absolute atomic E-state index is 13.1. The van der Waals surface area contributed by atoms with Gasteiger partial charge in [0, 0.05) is 39.0 Å². The Morgan fingerprint density at radius 3 is 2.28 bits per heavy atom. The number of benzene rings is 2. The number of hydrogen-bond acceptors (Lipinski definition) is 5. The van der Waals surface area contributed by atoms with E-state index < -0.39 is 0 Å². The molecule has 2 aliphatic rings. The molecule has 2 aromatic rings. The number of carbonyl (C=O) groups excluding carboxylic acids is 2. The van der Waals surface area contributed by atoms with Crippen LogP contribution in [-0.2, 0) is 34.0 Å². The number of rotatable bonds is 7. The van der Waals surface area contributed by atoms with E-state index >= 15 is 0 Å². The first-order valence-electron chi connectivity index (χ1n) is 10.9. The highest BCUT2D eigenvalue weighted by Crippen LogP contribution is 2.15. The molecule has 2 heterocycles. The van der Waals surface area contributed by atoms with Crippen molar-refractivity contribution in [1.82, 2.24) is 15.2 Å². The van der Waals surface area contributed by atoms with E-state index in [4.69, 9.17) is 4.74 Å². The zero-order valence-electron chi connectivity index (χ0n) is 17.9. The van der Waals surface area contributed by atoms with E-state index in [9.17, 15) is 14.0 Å². The van der Waals surface area contributed by atoms with Crippen LogP contribution in [0.2, 0.25) is 0 Å². The Labute approximate surface area is 186 Å². The average Bonchev–Trinajstić information content (AvgIpc) is 2.82. The van der Waals surface area contributed by atoms with E-state index in [0.717, 1.165) is 44.0 Å². The van der Waals surface area contributed by atoms with Gasteiger partial charge in [-0.15, -0.1) is 0 Å². The van der Waals surface area contributed by atoms with E-state index in [1.54, 1.807) is 12.1 Å². The van der Waals surface area contributed by atoms with Crippen molar-refractivity contribution < 1.29 is 18.7 Å². The Morgan fingerprint density at radius 2 is 1.56 bits per heavy atom. The van der Waals surface area contributed by atoms with Crippen LogP contribution in [0.4, 0.5) is 4.39 Å². The average molecular weight is 439 g/mol. The lowest BCUT2D eigenvalue weighted by Gasteiger charge is -2.26. The van der Waals surface area contributed by atoms with Crippen LogP contribution in [0.15, 0.2) is 53.6 Å². The number of nitrogens with one attached hydrogen (secondary N) is 1. The second-order valence-corrected chi connectivity index (χ2v) is 8.01. The number of nitrogens with zero attached hydrogens (tertiary/aromatic N) is 3. The summed E-state index contributed by atoms with van der Waals surface area (Å²) in [6, 6.07) is 14.1. The van der Waals surface area contributed by atoms with Gasteiger partial charge in [-0.1, -0.05) is 36.4 Å². The van der Waals surface area contributed by atoms with Gasteiger partial charge < -0.3 is 10.1 Å². The van der Waals surface area contributed by atoms with Crippen molar-refractivity contribution in [1.29, 1.82) is 0 Å². The number of hydrazone groups is 1. The molecule has 2 amide bonds. The molecule has 0 aliphatic carbocycles. The van der Waals surface area contributed by atoms with E-state index in [0.29, 0.717) is 18.7 Å². The van der Waals surface area contributed by atoms with E-state index in [2.05, 4.69) is 27.5 Å². The van der Waals surface area contributed by atoms with Gasteiger partial charge in [-0.05, 0) is 28.8 Å². The van der Waals surface area contributed by atoms with Crippen LogP contribution in [0.1, 0.15) is 29.5 Å². The van der Waals surface area contributed by atoms with E-state index in [1.165, 1.54) is 22.7 Å². The summed E-state index contributed by atoms with van der Waals surface area (Å²) in [6.45, 7) is 4.94. The summed E-state index contributed by atoms with van der Waals surface area (Å²) in [5.41, 5.74) is 3.31. The van der Waals surface area contributed by atoms with Gasteiger partial charge in [0.15, 0.2) is 0 Å². The minimum Gasteiger partial charge on any atom is -0.379 e. The Kier molecular flexibility index (Phi) is 7.24. The van der Waals surface area contributed by atoms with Crippen molar-refractivity contribution in [2.45, 2.75) is 32.5 Å². The molecule has 1 N–H and O–H groups in total. The fourth-order valence-corrected chi connectivity index (χ4v) is 3.72. The molecular weight excluding hydrogens is 411 g/mol. The van der Waals surface area contributed by atoms with Crippen LogP contribution in [0, 0.1) is 5.82 Å². The molecule has 1 fully saturated rings. The Bertz CT molecular complexity index is 970. The Balaban J connectivity index is 1.30. The van der Waals surface area contributed by atoms with Gasteiger partial charge in [0.25, 0.3) is 5.91 Å². The molecule has 0 radical (unpaired) electrons. The summed E-state index contributed by atoms with van der Waals surface area (Å²) in [7, 11) is 0. The maximum atomic E-state index is 13.1. The fourth-order valence-electron chi connectivity index (χ4n) is 3.72. The molecule has 8 heteroatoms. The van der Waals surface area contributed by atoms with Crippen molar-refractivity contribution in [3.05, 3.63) is 71.0 Å². The van der Waals surface area contributed by atoms with Crippen LogP contribution in [0.5, 0.6) is 0 Å². The lowest BCUT2D eigenvalue weighted by atomic mass is 10.1. The van der Waals surface area contributed by atoms with Crippen LogP contribution in [0.3, 0.4) is 0 Å². The minimum absolute atomic E-state index is 0.151. The predicted octanol–water partition coefficient (Wildman–Crippen LogP) is 2.45. The molecule has 1 saturated heterocycles. The molecule has 32 heavy (non-hydrogen) atoms. The molecule has 7 nitrogen and oxygen atoms in total. The third kappa shape index (κ3) is 5.99. The van der Waals surface area contributed by atoms with Crippen molar-refractivity contribution in [2.75, 3.05) is 26.3 Å². The molecular formula is C24H27FN4O3. The molecule has 4 rings (SSSR count). The number of carbonyl (C=O) groups is 2. The van der Waals surface area contributed by atoms with Gasteiger partial charge in [-0.2, -0.15) is 5.10 Å². The minimum atomic E-state index is -0.337. The van der Waals surface area contributed by atoms with Crippen molar-refractivity contribution >= 4 is 17.5 Å². The molecule has 0 unspecified atom stereocenters. The van der Waals surface area contributed by atoms with Crippen molar-refractivity contribution in [3.8, 4) is 0 Å². The quantitative estimate of drug-likeness (QED) is 0.721. The monoisotopic (exact) mass is 438 g/mol. The first-order chi connectivity index (χ1) is 15.6. The van der Waals surface area contributed by atoms with E-state index in [-0.39, 0.29) is 30.6 Å². The lowest BCUT2D eigenvalue weighted by Crippen LogP contribution is -2.38. The molecule has 2 aliphatic heterocycles. The van der Waals surface area contributed by atoms with Crippen molar-refractivity contribution in [2.24, 2.45) is 5.10 Å². The molecule has 0 atom stereocenters. The third-order valence-corrected chi connectivity index (χ3v) is 5.60. The largest absolute Gasteiger partial charge is 0.379 e. The van der Waals surface area contributed by atoms with E-state index in [1.807, 2.05) is 12.1 Å². The fraction of sp³-hybridized carbons (Fsp3) is 0.375. The highest BCUT2D eigenvalue weighted by atomic mass is 19.1. The number of halogens is 1. The number of ether oxygens (including phenoxy) is 1. The van der Waals surface area contributed by atoms with Gasteiger partial charge in [-0.3, -0.25) is 14.5 Å². The SMILES string of the molecule is O=C(NCc1ccc(CN2CCOCC2)cc1)C1=NN(Cc2ccc(F)cc2)C(=O)CC1. The van der Waals surface area contributed by atoms with Gasteiger partial charge in [-0.25, -0.2) is 9.40 Å². The van der Waals surface area contributed by atoms with Crippen LogP contribution < -0.4 is 5.32 Å². The molecule has 0 spiro atoms. The first kappa shape index (κ1) is 22.1. The highest BCUT2D eigenvalue weighted by molar-refractivity contribution is 6.39. The second kappa shape index (κ2) is 10.5. The van der Waals surface area contributed by atoms with Crippen LogP contribution in [-0.4, -0.2) is 53.7 Å². The molecule has 0 saturated carbocycles. The lowest BCUT2D eigenvalue weighted by molar-refractivity contribution is -0.132. The van der Waals surface area contributed by atoms with Crippen molar-refractivity contribution in [3.63, 3.8) is 0 Å². The summed E-state index contributed by atoms with van der Waals surface area (Å²) < 4.78 is 18.5.